The predicted octanol–water partition coefficient (Wildman–Crippen LogP) is 5.60. The first-order valence-corrected chi connectivity index (χ1v) is 8.53. The molecule has 0 aliphatic heterocycles. The summed E-state index contributed by atoms with van der Waals surface area (Å²) in [6.45, 7) is 7.62. The van der Waals surface area contributed by atoms with Gasteiger partial charge in [0.25, 0.3) is 0 Å². The number of nitrogens with zero attached hydrogens (tertiary/aromatic N) is 3. The van der Waals surface area contributed by atoms with Gasteiger partial charge in [0.2, 0.25) is 0 Å². The molecule has 0 aliphatic carbocycles. The summed E-state index contributed by atoms with van der Waals surface area (Å²) in [6, 6.07) is 5.56. The van der Waals surface area contributed by atoms with Crippen LogP contribution in [0, 0.1) is 11.8 Å². The third-order valence-corrected chi connectivity index (χ3v) is 4.35. The largest absolute Gasteiger partial charge is 0.336 e. The quantitative estimate of drug-likeness (QED) is 0.477. The molecule has 134 valence electrons. The van der Waals surface area contributed by atoms with Crippen molar-refractivity contribution in [1.29, 1.82) is 0 Å². The number of benzene rings is 1. The van der Waals surface area contributed by atoms with Gasteiger partial charge in [0.05, 0.1) is 6.54 Å². The highest BCUT2D eigenvalue weighted by atomic mass is 35.5. The van der Waals surface area contributed by atoms with Crippen LogP contribution in [0.4, 0.5) is 0 Å². The predicted molar refractivity (Wildman–Crippen MR) is 106 cm³/mol. The van der Waals surface area contributed by atoms with Gasteiger partial charge in [-0.25, -0.2) is 4.98 Å². The number of carbonyl (C=O) groups is 1. The second-order valence-electron chi connectivity index (χ2n) is 5.49. The highest BCUT2D eigenvalue weighted by Gasteiger charge is 2.24. The average Bonchev–Trinajstić information content (AvgIpc) is 2.94. The number of aromatic nitrogens is 2. The summed E-state index contributed by atoms with van der Waals surface area (Å²) < 4.78 is 1.55. The second kappa shape index (κ2) is 8.74. The molecule has 0 unspecified atom stereocenters. The molecule has 1 amide bonds. The van der Waals surface area contributed by atoms with Crippen LogP contribution in [0.1, 0.15) is 34.4 Å². The van der Waals surface area contributed by atoms with Gasteiger partial charge in [-0.2, -0.15) is 0 Å². The van der Waals surface area contributed by atoms with Gasteiger partial charge < -0.3 is 4.57 Å². The van der Waals surface area contributed by atoms with Crippen molar-refractivity contribution in [1.82, 2.24) is 9.55 Å². The SMILES string of the molecule is C=C/C=C\C(=C/C)c1nc(Cl)c(C(=O)N=O)n1Cc1cc(C)ccc1Cl. The lowest BCUT2D eigenvalue weighted by Gasteiger charge is -2.12. The zero-order chi connectivity index (χ0) is 19.3. The van der Waals surface area contributed by atoms with Gasteiger partial charge in [0.1, 0.15) is 5.82 Å². The number of amides is 1. The van der Waals surface area contributed by atoms with Crippen molar-refractivity contribution in [2.45, 2.75) is 20.4 Å². The van der Waals surface area contributed by atoms with E-state index in [1.165, 1.54) is 0 Å². The number of imidazole rings is 1. The Morgan fingerprint density at radius 2 is 2.12 bits per heavy atom. The molecule has 2 rings (SSSR count). The number of halogens is 2. The maximum Gasteiger partial charge on any atom is 0.336 e. The topological polar surface area (TPSA) is 64.3 Å². The lowest BCUT2D eigenvalue weighted by Crippen LogP contribution is -2.12. The minimum atomic E-state index is -0.985. The molecule has 0 radical (unpaired) electrons. The molecule has 1 heterocycles. The lowest BCUT2D eigenvalue weighted by molar-refractivity contribution is 0.0992. The Bertz CT molecular complexity index is 927. The fourth-order valence-electron chi connectivity index (χ4n) is 2.51. The van der Waals surface area contributed by atoms with E-state index in [4.69, 9.17) is 23.2 Å². The van der Waals surface area contributed by atoms with E-state index in [-0.39, 0.29) is 17.4 Å². The normalized spacial score (nSPS) is 11.8. The smallest absolute Gasteiger partial charge is 0.314 e. The van der Waals surface area contributed by atoms with Crippen LogP contribution in [0.15, 0.2) is 54.3 Å². The average molecular weight is 390 g/mol. The zero-order valence-electron chi connectivity index (χ0n) is 14.4. The fourth-order valence-corrected chi connectivity index (χ4v) is 2.95. The number of hydrogen-bond donors (Lipinski definition) is 0. The van der Waals surface area contributed by atoms with Crippen LogP contribution >= 0.6 is 23.2 Å². The lowest BCUT2D eigenvalue weighted by atomic mass is 10.1. The molecule has 7 heteroatoms. The number of rotatable bonds is 6. The van der Waals surface area contributed by atoms with Gasteiger partial charge in [-0.3, -0.25) is 4.79 Å². The minimum absolute atomic E-state index is 0.0689. The molecule has 0 N–H and O–H groups in total. The Morgan fingerprint density at radius 1 is 1.38 bits per heavy atom. The van der Waals surface area contributed by atoms with Crippen LogP contribution in [-0.2, 0) is 6.54 Å². The molecule has 0 bridgehead atoms. The maximum absolute atomic E-state index is 12.0. The molecule has 1 aromatic carbocycles. The summed E-state index contributed by atoms with van der Waals surface area (Å²) in [5, 5.41) is 2.95. The summed E-state index contributed by atoms with van der Waals surface area (Å²) in [5.74, 6) is -0.555. The minimum Gasteiger partial charge on any atom is -0.314 e. The molecular weight excluding hydrogens is 373 g/mol. The van der Waals surface area contributed by atoms with E-state index in [2.05, 4.69) is 16.7 Å². The first kappa shape index (κ1) is 19.8. The van der Waals surface area contributed by atoms with E-state index in [0.29, 0.717) is 16.4 Å². The molecule has 0 atom stereocenters. The van der Waals surface area contributed by atoms with E-state index in [0.717, 1.165) is 11.1 Å². The van der Waals surface area contributed by atoms with Crippen molar-refractivity contribution in [3.05, 3.63) is 86.8 Å². The van der Waals surface area contributed by atoms with Crippen molar-refractivity contribution in [2.24, 2.45) is 5.18 Å². The van der Waals surface area contributed by atoms with E-state index in [1.807, 2.05) is 32.1 Å². The molecule has 0 saturated heterocycles. The van der Waals surface area contributed by atoms with Gasteiger partial charge in [-0.15, -0.1) is 4.91 Å². The fraction of sp³-hybridized carbons (Fsp3) is 0.158. The van der Waals surface area contributed by atoms with Crippen molar-refractivity contribution in [3.8, 4) is 0 Å². The summed E-state index contributed by atoms with van der Waals surface area (Å²) in [4.78, 5) is 27.1. The van der Waals surface area contributed by atoms with Crippen LogP contribution in [0.25, 0.3) is 5.57 Å². The number of allylic oxidation sites excluding steroid dienone is 5. The standard InChI is InChI=1S/C19H17Cl2N3O2/c1-4-6-7-13(5-2)18-22-17(21)16(19(25)23-26)24(18)11-14-10-12(3)8-9-15(14)20/h4-10H,1,11H2,2-3H3/b7-6-,13-5+. The van der Waals surface area contributed by atoms with Crippen LogP contribution in [0.3, 0.4) is 0 Å². The highest BCUT2D eigenvalue weighted by molar-refractivity contribution is 6.32. The van der Waals surface area contributed by atoms with Crippen LogP contribution < -0.4 is 0 Å². The maximum atomic E-state index is 12.0. The molecule has 0 saturated carbocycles. The van der Waals surface area contributed by atoms with E-state index >= 15 is 0 Å². The number of carbonyl (C=O) groups excluding carboxylic acids is 1. The van der Waals surface area contributed by atoms with Crippen LogP contribution in [-0.4, -0.2) is 15.5 Å². The Kier molecular flexibility index (Phi) is 6.66. The molecule has 1 aromatic heterocycles. The Morgan fingerprint density at radius 3 is 2.73 bits per heavy atom. The molecule has 0 aliphatic rings. The van der Waals surface area contributed by atoms with E-state index < -0.39 is 5.91 Å². The summed E-state index contributed by atoms with van der Waals surface area (Å²) in [6.07, 6.45) is 6.95. The Balaban J connectivity index is 2.69. The third-order valence-electron chi connectivity index (χ3n) is 3.72. The molecule has 26 heavy (non-hydrogen) atoms. The Labute approximate surface area is 161 Å². The first-order chi connectivity index (χ1) is 12.4. The van der Waals surface area contributed by atoms with Gasteiger partial charge >= 0.3 is 5.91 Å². The number of hydrogen-bond acceptors (Lipinski definition) is 3. The van der Waals surface area contributed by atoms with E-state index in [1.54, 1.807) is 28.9 Å². The number of nitroso groups, excluding NO2 is 1. The second-order valence-corrected chi connectivity index (χ2v) is 6.26. The molecule has 0 spiro atoms. The summed E-state index contributed by atoms with van der Waals surface area (Å²) >= 11 is 12.4. The zero-order valence-corrected chi connectivity index (χ0v) is 15.9. The van der Waals surface area contributed by atoms with Gasteiger partial charge in [-0.05, 0) is 25.5 Å². The summed E-state index contributed by atoms with van der Waals surface area (Å²) in [5.41, 5.74) is 2.42. The molecule has 5 nitrogen and oxygen atoms in total. The summed E-state index contributed by atoms with van der Waals surface area (Å²) in [7, 11) is 0. The van der Waals surface area contributed by atoms with Crippen LogP contribution in [0.5, 0.6) is 0 Å². The van der Waals surface area contributed by atoms with E-state index in [9.17, 15) is 9.70 Å². The van der Waals surface area contributed by atoms with Gasteiger partial charge in [0.15, 0.2) is 10.8 Å². The monoisotopic (exact) mass is 389 g/mol. The van der Waals surface area contributed by atoms with Gasteiger partial charge in [0, 0.05) is 15.8 Å². The van der Waals surface area contributed by atoms with Crippen molar-refractivity contribution in [3.63, 3.8) is 0 Å². The van der Waals surface area contributed by atoms with Crippen molar-refractivity contribution in [2.75, 3.05) is 0 Å². The molecule has 2 aromatic rings. The third kappa shape index (κ3) is 4.18. The van der Waals surface area contributed by atoms with Gasteiger partial charge in [-0.1, -0.05) is 71.8 Å². The highest BCUT2D eigenvalue weighted by Crippen LogP contribution is 2.27. The van der Waals surface area contributed by atoms with Crippen molar-refractivity contribution < 1.29 is 4.79 Å². The van der Waals surface area contributed by atoms with Crippen LogP contribution in [0.2, 0.25) is 10.2 Å². The number of aryl methyl sites for hydroxylation is 1. The Hall–Kier alpha value is -2.50. The molecule has 0 fully saturated rings. The van der Waals surface area contributed by atoms with Crippen molar-refractivity contribution >= 4 is 34.7 Å². The first-order valence-electron chi connectivity index (χ1n) is 7.77. The molecular formula is C19H17Cl2N3O2.